The third kappa shape index (κ3) is 3.08. The van der Waals surface area contributed by atoms with Crippen molar-refractivity contribution in [3.05, 3.63) is 29.3 Å². The normalized spacial score (nSPS) is 23.2. The zero-order valence-electron chi connectivity index (χ0n) is 11.7. The van der Waals surface area contributed by atoms with E-state index in [4.69, 9.17) is 0 Å². The Balaban J connectivity index is 0.00000242. The molecule has 0 bridgehead atoms. The Labute approximate surface area is 132 Å². The van der Waals surface area contributed by atoms with Crippen LogP contribution in [0.25, 0.3) is 0 Å². The monoisotopic (exact) mass is 362 g/mol. The molecule has 0 aliphatic carbocycles. The van der Waals surface area contributed by atoms with Crippen molar-refractivity contribution in [1.82, 2.24) is 9.62 Å². The summed E-state index contributed by atoms with van der Waals surface area (Å²) in [5.41, 5.74) is 0. The fraction of sp³-hybridized carbons (Fsp3) is 0.500. The maximum atomic E-state index is 13.7. The summed E-state index contributed by atoms with van der Waals surface area (Å²) in [5, 5.41) is 3.00. The molecule has 1 heterocycles. The van der Waals surface area contributed by atoms with Crippen LogP contribution in [0.1, 0.15) is 13.8 Å². The van der Waals surface area contributed by atoms with E-state index in [0.717, 1.165) is 4.31 Å². The number of halogens is 5. The summed E-state index contributed by atoms with van der Waals surface area (Å²) in [5.74, 6) is -7.31. The molecule has 0 aromatic heterocycles. The maximum absolute atomic E-state index is 13.7. The van der Waals surface area contributed by atoms with E-state index in [2.05, 4.69) is 5.32 Å². The molecule has 1 aromatic carbocycles. The topological polar surface area (TPSA) is 49.4 Å². The van der Waals surface area contributed by atoms with Crippen molar-refractivity contribution in [2.24, 2.45) is 0 Å². The number of rotatable bonds is 2. The zero-order chi connectivity index (χ0) is 15.9. The quantitative estimate of drug-likeness (QED) is 0.647. The standard InChI is InChI=1S/C12H14F4N2O2S.ClH/c1-6-7(2)18(4-3-17-6)21(19,20)12-10(15)8(13)5-9(14)11(12)16;/h5-7,17H,3-4H2,1-2H3;1H. The smallest absolute Gasteiger partial charge is 0.249 e. The van der Waals surface area contributed by atoms with Crippen LogP contribution in [-0.4, -0.2) is 37.9 Å². The van der Waals surface area contributed by atoms with E-state index >= 15 is 0 Å². The van der Waals surface area contributed by atoms with Gasteiger partial charge in [0.2, 0.25) is 10.0 Å². The minimum Gasteiger partial charge on any atom is -0.311 e. The van der Waals surface area contributed by atoms with Crippen molar-refractivity contribution in [2.45, 2.75) is 30.8 Å². The lowest BCUT2D eigenvalue weighted by molar-refractivity contribution is 0.231. The first-order valence-corrected chi connectivity index (χ1v) is 7.70. The number of hydrogen-bond acceptors (Lipinski definition) is 3. The molecule has 2 atom stereocenters. The van der Waals surface area contributed by atoms with Crippen LogP contribution in [0.3, 0.4) is 0 Å². The van der Waals surface area contributed by atoms with Crippen LogP contribution in [-0.2, 0) is 10.0 Å². The second-order valence-electron chi connectivity index (χ2n) is 4.90. The summed E-state index contributed by atoms with van der Waals surface area (Å²) in [4.78, 5) is -1.58. The van der Waals surface area contributed by atoms with Crippen LogP contribution >= 0.6 is 12.4 Å². The number of hydrogen-bond donors (Lipinski definition) is 1. The summed E-state index contributed by atoms with van der Waals surface area (Å²) in [6.07, 6.45) is 0. The summed E-state index contributed by atoms with van der Waals surface area (Å²) in [7, 11) is -4.69. The molecule has 1 saturated heterocycles. The molecule has 1 aliphatic rings. The molecule has 22 heavy (non-hydrogen) atoms. The highest BCUT2D eigenvalue weighted by Gasteiger charge is 2.39. The van der Waals surface area contributed by atoms with Gasteiger partial charge in [-0.05, 0) is 13.8 Å². The molecule has 126 valence electrons. The first-order chi connectivity index (χ1) is 9.67. The summed E-state index contributed by atoms with van der Waals surface area (Å²) in [6, 6.07) is -0.903. The molecule has 2 unspecified atom stereocenters. The van der Waals surface area contributed by atoms with E-state index in [9.17, 15) is 26.0 Å². The van der Waals surface area contributed by atoms with Crippen LogP contribution in [0.4, 0.5) is 17.6 Å². The van der Waals surface area contributed by atoms with Gasteiger partial charge >= 0.3 is 0 Å². The van der Waals surface area contributed by atoms with Crippen molar-refractivity contribution in [3.63, 3.8) is 0 Å². The van der Waals surface area contributed by atoms with Crippen LogP contribution in [0, 0.1) is 23.3 Å². The van der Waals surface area contributed by atoms with E-state index in [1.807, 2.05) is 0 Å². The minimum absolute atomic E-state index is 0. The Morgan fingerprint density at radius 2 is 1.64 bits per heavy atom. The minimum atomic E-state index is -4.69. The number of sulfonamides is 1. The highest BCUT2D eigenvalue weighted by atomic mass is 35.5. The van der Waals surface area contributed by atoms with Crippen molar-refractivity contribution in [3.8, 4) is 0 Å². The molecule has 1 aliphatic heterocycles. The Bertz CT molecular complexity index is 645. The zero-order valence-corrected chi connectivity index (χ0v) is 13.4. The van der Waals surface area contributed by atoms with E-state index in [0.29, 0.717) is 0 Å². The van der Waals surface area contributed by atoms with Crippen molar-refractivity contribution in [1.29, 1.82) is 0 Å². The van der Waals surface area contributed by atoms with Crippen LogP contribution in [0.2, 0.25) is 0 Å². The number of piperazine rings is 1. The van der Waals surface area contributed by atoms with E-state index in [-0.39, 0.29) is 37.6 Å². The van der Waals surface area contributed by atoms with Gasteiger partial charge in [-0.1, -0.05) is 0 Å². The molecule has 0 amide bonds. The third-order valence-electron chi connectivity index (χ3n) is 3.61. The van der Waals surface area contributed by atoms with Crippen LogP contribution < -0.4 is 5.32 Å². The third-order valence-corrected chi connectivity index (χ3v) is 5.62. The van der Waals surface area contributed by atoms with Gasteiger partial charge in [0.25, 0.3) is 0 Å². The Kier molecular flexibility index (Phi) is 5.82. The largest absolute Gasteiger partial charge is 0.311 e. The van der Waals surface area contributed by atoms with Gasteiger partial charge in [-0.2, -0.15) is 4.31 Å². The Morgan fingerprint density at radius 3 is 2.14 bits per heavy atom. The maximum Gasteiger partial charge on any atom is 0.249 e. The molecule has 1 aromatic rings. The SMILES string of the molecule is CC1NCCN(S(=O)(=O)c2c(F)c(F)cc(F)c2F)C1C.Cl. The highest BCUT2D eigenvalue weighted by molar-refractivity contribution is 7.89. The molecule has 2 rings (SSSR count). The van der Waals surface area contributed by atoms with Crippen LogP contribution in [0.5, 0.6) is 0 Å². The first-order valence-electron chi connectivity index (χ1n) is 6.26. The second kappa shape index (κ2) is 6.69. The number of nitrogens with one attached hydrogen (secondary N) is 1. The predicted molar refractivity (Wildman–Crippen MR) is 74.3 cm³/mol. The van der Waals surface area contributed by atoms with Gasteiger partial charge in [-0.25, -0.2) is 26.0 Å². The van der Waals surface area contributed by atoms with E-state index in [1.54, 1.807) is 13.8 Å². The molecule has 1 fully saturated rings. The average Bonchev–Trinajstić information content (AvgIpc) is 2.39. The average molecular weight is 363 g/mol. The van der Waals surface area contributed by atoms with Gasteiger partial charge in [0.05, 0.1) is 0 Å². The van der Waals surface area contributed by atoms with Gasteiger partial charge in [0.1, 0.15) is 0 Å². The first kappa shape index (κ1) is 19.1. The van der Waals surface area contributed by atoms with Crippen molar-refractivity contribution in [2.75, 3.05) is 13.1 Å². The lowest BCUT2D eigenvalue weighted by atomic mass is 10.1. The fourth-order valence-corrected chi connectivity index (χ4v) is 4.09. The van der Waals surface area contributed by atoms with Crippen molar-refractivity contribution < 1.29 is 26.0 Å². The van der Waals surface area contributed by atoms with E-state index < -0.39 is 44.2 Å². The molecule has 10 heteroatoms. The van der Waals surface area contributed by atoms with E-state index in [1.165, 1.54) is 0 Å². The molecule has 1 N–H and O–H groups in total. The van der Waals surface area contributed by atoms with Gasteiger partial charge < -0.3 is 5.32 Å². The van der Waals surface area contributed by atoms with Gasteiger partial charge in [-0.15, -0.1) is 12.4 Å². The predicted octanol–water partition coefficient (Wildman–Crippen LogP) is 2.04. The van der Waals surface area contributed by atoms with Crippen LogP contribution in [0.15, 0.2) is 11.0 Å². The molecular weight excluding hydrogens is 348 g/mol. The highest BCUT2D eigenvalue weighted by Crippen LogP contribution is 2.28. The number of benzene rings is 1. The molecule has 0 saturated carbocycles. The van der Waals surface area contributed by atoms with Gasteiger partial charge in [-0.3, -0.25) is 0 Å². The fourth-order valence-electron chi connectivity index (χ4n) is 2.26. The summed E-state index contributed by atoms with van der Waals surface area (Å²) < 4.78 is 79.4. The molecule has 0 spiro atoms. The molecule has 4 nitrogen and oxygen atoms in total. The summed E-state index contributed by atoms with van der Waals surface area (Å²) >= 11 is 0. The number of nitrogens with zero attached hydrogens (tertiary/aromatic N) is 1. The lowest BCUT2D eigenvalue weighted by Gasteiger charge is -2.37. The Morgan fingerprint density at radius 1 is 1.14 bits per heavy atom. The van der Waals surface area contributed by atoms with Gasteiger partial charge in [0.15, 0.2) is 28.2 Å². The Hall–Kier alpha value is -0.900. The molecule has 0 radical (unpaired) electrons. The van der Waals surface area contributed by atoms with Gasteiger partial charge in [0, 0.05) is 31.2 Å². The molecular formula is C12H15ClF4N2O2S. The summed E-state index contributed by atoms with van der Waals surface area (Å²) in [6.45, 7) is 3.46. The lowest BCUT2D eigenvalue weighted by Crippen LogP contribution is -2.57. The second-order valence-corrected chi connectivity index (χ2v) is 6.72. The van der Waals surface area contributed by atoms with Crippen molar-refractivity contribution >= 4 is 22.4 Å².